The predicted molar refractivity (Wildman–Crippen MR) is 83.1 cm³/mol. The third kappa shape index (κ3) is 4.02. The van der Waals surface area contributed by atoms with E-state index in [0.29, 0.717) is 19.4 Å². The maximum atomic E-state index is 12.5. The minimum Gasteiger partial charge on any atom is -0.316 e. The molecule has 0 aliphatic carbocycles. The monoisotopic (exact) mass is 327 g/mol. The molecule has 0 aromatic heterocycles. The molecule has 1 aromatic carbocycles. The molecule has 1 heterocycles. The van der Waals surface area contributed by atoms with Crippen molar-refractivity contribution in [3.05, 3.63) is 34.4 Å². The Morgan fingerprint density at radius 2 is 2.05 bits per heavy atom. The van der Waals surface area contributed by atoms with Gasteiger partial charge in [-0.25, -0.2) is 13.1 Å². The first-order valence-electron chi connectivity index (χ1n) is 7.18. The lowest BCUT2D eigenvalue weighted by atomic mass is 9.86. The summed E-state index contributed by atoms with van der Waals surface area (Å²) >= 11 is 0. The van der Waals surface area contributed by atoms with E-state index in [9.17, 15) is 18.5 Å². The summed E-state index contributed by atoms with van der Waals surface area (Å²) in [5.74, 6) is 0. The first-order valence-corrected chi connectivity index (χ1v) is 8.66. The second kappa shape index (κ2) is 6.31. The Balaban J connectivity index is 2.26. The van der Waals surface area contributed by atoms with Crippen LogP contribution in [-0.4, -0.2) is 32.5 Å². The van der Waals surface area contributed by atoms with Gasteiger partial charge in [-0.2, -0.15) is 0 Å². The molecule has 1 saturated heterocycles. The number of benzene rings is 1. The largest absolute Gasteiger partial charge is 0.316 e. The smallest absolute Gasteiger partial charge is 0.289 e. The van der Waals surface area contributed by atoms with Gasteiger partial charge in [0.2, 0.25) is 10.0 Å². The summed E-state index contributed by atoms with van der Waals surface area (Å²) in [5, 5.41) is 14.3. The van der Waals surface area contributed by atoms with E-state index < -0.39 is 20.6 Å². The number of hydrogen-bond acceptors (Lipinski definition) is 5. The van der Waals surface area contributed by atoms with Gasteiger partial charge in [-0.05, 0) is 30.9 Å². The minimum atomic E-state index is -3.92. The van der Waals surface area contributed by atoms with Gasteiger partial charge in [0, 0.05) is 18.7 Å². The van der Waals surface area contributed by atoms with Gasteiger partial charge in [-0.1, -0.05) is 26.0 Å². The van der Waals surface area contributed by atoms with Gasteiger partial charge in [0.1, 0.15) is 0 Å². The molecule has 0 spiro atoms. The third-order valence-corrected chi connectivity index (χ3v) is 5.31. The van der Waals surface area contributed by atoms with Crippen LogP contribution >= 0.6 is 0 Å². The Morgan fingerprint density at radius 1 is 1.36 bits per heavy atom. The number of para-hydroxylation sites is 1. The average molecular weight is 327 g/mol. The number of nitrogens with one attached hydrogen (secondary N) is 2. The molecule has 122 valence electrons. The molecule has 0 saturated carbocycles. The predicted octanol–water partition coefficient (Wildman–Crippen LogP) is 1.65. The van der Waals surface area contributed by atoms with Gasteiger partial charge in [-0.15, -0.1) is 0 Å². The lowest BCUT2D eigenvalue weighted by Gasteiger charge is -2.26. The van der Waals surface area contributed by atoms with Crippen molar-refractivity contribution in [2.45, 2.75) is 37.6 Å². The van der Waals surface area contributed by atoms with Crippen LogP contribution in [0.4, 0.5) is 5.69 Å². The van der Waals surface area contributed by atoms with Crippen LogP contribution in [0.1, 0.15) is 26.7 Å². The van der Waals surface area contributed by atoms with E-state index in [1.54, 1.807) is 0 Å². The molecule has 1 aromatic rings. The van der Waals surface area contributed by atoms with Crippen molar-refractivity contribution < 1.29 is 13.3 Å². The number of hydrogen-bond donors (Lipinski definition) is 2. The molecule has 2 rings (SSSR count). The molecular weight excluding hydrogens is 306 g/mol. The summed E-state index contributed by atoms with van der Waals surface area (Å²) in [6, 6.07) is 5.17. The highest BCUT2D eigenvalue weighted by Crippen LogP contribution is 2.27. The molecule has 2 N–H and O–H groups in total. The van der Waals surface area contributed by atoms with Gasteiger partial charge >= 0.3 is 0 Å². The lowest BCUT2D eigenvalue weighted by Crippen LogP contribution is -2.38. The quantitative estimate of drug-likeness (QED) is 0.647. The molecule has 8 heteroatoms. The molecule has 0 bridgehead atoms. The van der Waals surface area contributed by atoms with Crippen LogP contribution in [0, 0.1) is 15.5 Å². The van der Waals surface area contributed by atoms with Crippen molar-refractivity contribution in [1.82, 2.24) is 10.0 Å². The first-order chi connectivity index (χ1) is 10.2. The first kappa shape index (κ1) is 16.9. The third-order valence-electron chi connectivity index (χ3n) is 3.75. The van der Waals surface area contributed by atoms with Crippen molar-refractivity contribution in [3.8, 4) is 0 Å². The van der Waals surface area contributed by atoms with E-state index >= 15 is 0 Å². The van der Waals surface area contributed by atoms with E-state index in [1.807, 2.05) is 0 Å². The van der Waals surface area contributed by atoms with Crippen LogP contribution in [0.25, 0.3) is 0 Å². The van der Waals surface area contributed by atoms with Crippen molar-refractivity contribution in [2.24, 2.45) is 5.41 Å². The zero-order valence-electron chi connectivity index (χ0n) is 12.7. The molecule has 0 radical (unpaired) electrons. The molecule has 1 aliphatic heterocycles. The second-order valence-electron chi connectivity index (χ2n) is 6.38. The molecule has 7 nitrogen and oxygen atoms in total. The molecular formula is C14H21N3O4S. The zero-order chi connectivity index (χ0) is 16.4. The Morgan fingerprint density at radius 3 is 2.73 bits per heavy atom. The van der Waals surface area contributed by atoms with E-state index in [4.69, 9.17) is 0 Å². The van der Waals surface area contributed by atoms with Crippen LogP contribution in [0.2, 0.25) is 0 Å². The van der Waals surface area contributed by atoms with Gasteiger partial charge in [0.25, 0.3) is 5.69 Å². The van der Waals surface area contributed by atoms with E-state index in [-0.39, 0.29) is 16.4 Å². The van der Waals surface area contributed by atoms with E-state index in [0.717, 1.165) is 6.54 Å². The van der Waals surface area contributed by atoms with Gasteiger partial charge in [0.05, 0.1) is 4.92 Å². The summed E-state index contributed by atoms with van der Waals surface area (Å²) < 4.78 is 27.7. The van der Waals surface area contributed by atoms with Crippen molar-refractivity contribution in [1.29, 1.82) is 0 Å². The van der Waals surface area contributed by atoms with Gasteiger partial charge in [0.15, 0.2) is 4.90 Å². The molecule has 1 fully saturated rings. The van der Waals surface area contributed by atoms with Crippen LogP contribution in [0.3, 0.4) is 0 Å². The van der Waals surface area contributed by atoms with Gasteiger partial charge in [-0.3, -0.25) is 10.1 Å². The topological polar surface area (TPSA) is 101 Å². The number of nitro benzene ring substituents is 1. The Labute approximate surface area is 130 Å². The van der Waals surface area contributed by atoms with Gasteiger partial charge < -0.3 is 5.32 Å². The zero-order valence-corrected chi connectivity index (χ0v) is 13.5. The fourth-order valence-electron chi connectivity index (χ4n) is 2.76. The van der Waals surface area contributed by atoms with Crippen LogP contribution in [-0.2, 0) is 10.0 Å². The van der Waals surface area contributed by atoms with Crippen molar-refractivity contribution in [2.75, 3.05) is 13.1 Å². The van der Waals surface area contributed by atoms with Crippen molar-refractivity contribution in [3.63, 3.8) is 0 Å². The fraction of sp³-hybridized carbons (Fsp3) is 0.571. The summed E-state index contributed by atoms with van der Waals surface area (Å²) in [6.45, 7) is 5.67. The highest BCUT2D eigenvalue weighted by Gasteiger charge is 2.31. The fourth-order valence-corrected chi connectivity index (χ4v) is 4.21. The summed E-state index contributed by atoms with van der Waals surface area (Å²) in [4.78, 5) is 10.1. The summed E-state index contributed by atoms with van der Waals surface area (Å²) in [7, 11) is -3.92. The maximum absolute atomic E-state index is 12.5. The van der Waals surface area contributed by atoms with E-state index in [2.05, 4.69) is 23.9 Å². The highest BCUT2D eigenvalue weighted by atomic mass is 32.2. The number of nitrogens with zero attached hydrogens (tertiary/aromatic N) is 1. The molecule has 1 unspecified atom stereocenters. The lowest BCUT2D eigenvalue weighted by molar-refractivity contribution is -0.387. The van der Waals surface area contributed by atoms with E-state index in [1.165, 1.54) is 24.3 Å². The number of sulfonamides is 1. The normalized spacial score (nSPS) is 22.0. The Bertz CT molecular complexity index is 658. The molecule has 1 atom stereocenters. The van der Waals surface area contributed by atoms with Crippen molar-refractivity contribution >= 4 is 15.7 Å². The Hall–Kier alpha value is -1.51. The molecule has 1 aliphatic rings. The SMILES string of the molecule is CC1(C)CNCCC(NS(=O)(=O)c2ccccc2[N+](=O)[O-])C1. The summed E-state index contributed by atoms with van der Waals surface area (Å²) in [5.41, 5.74) is -0.437. The highest BCUT2D eigenvalue weighted by molar-refractivity contribution is 7.89. The van der Waals surface area contributed by atoms with Crippen LogP contribution < -0.4 is 10.0 Å². The Kier molecular flexibility index (Phi) is 4.84. The minimum absolute atomic E-state index is 0.0354. The average Bonchev–Trinajstić information content (AvgIpc) is 2.58. The second-order valence-corrected chi connectivity index (χ2v) is 8.06. The number of rotatable bonds is 4. The summed E-state index contributed by atoms with van der Waals surface area (Å²) in [6.07, 6.45) is 1.34. The molecule has 22 heavy (non-hydrogen) atoms. The maximum Gasteiger partial charge on any atom is 0.289 e. The van der Waals surface area contributed by atoms with Crippen LogP contribution in [0.5, 0.6) is 0 Å². The van der Waals surface area contributed by atoms with Crippen LogP contribution in [0.15, 0.2) is 29.2 Å². The molecule has 0 amide bonds. The number of nitro groups is 1. The standard InChI is InChI=1S/C14H21N3O4S/c1-14(2)9-11(7-8-15-10-14)16-22(20,21)13-6-4-3-5-12(13)17(18)19/h3-6,11,15-16H,7-10H2,1-2H3.